The van der Waals surface area contributed by atoms with Crippen molar-refractivity contribution in [3.63, 3.8) is 0 Å². The molecule has 1 aromatic rings. The molecule has 1 aliphatic carbocycles. The van der Waals surface area contributed by atoms with E-state index in [-0.39, 0.29) is 0 Å². The summed E-state index contributed by atoms with van der Waals surface area (Å²) >= 11 is 3.68. The van der Waals surface area contributed by atoms with Crippen LogP contribution in [0.3, 0.4) is 0 Å². The second-order valence-corrected chi connectivity index (χ2v) is 4.29. The molecule has 0 aromatic heterocycles. The topological polar surface area (TPSA) is 0 Å². The largest absolute Gasteiger partial charge is 0.0651 e. The molecule has 0 saturated carbocycles. The molecule has 0 unspecified atom stereocenters. The number of fused-ring (bicyclic) bond motifs is 1. The maximum absolute atomic E-state index is 3.68. The Bertz CT molecular complexity index is 350. The van der Waals surface area contributed by atoms with Crippen LogP contribution in [0.2, 0.25) is 0 Å². The fourth-order valence-electron chi connectivity index (χ4n) is 1.89. The van der Waals surface area contributed by atoms with E-state index in [1.165, 1.54) is 28.5 Å². The number of benzene rings is 1. The first-order valence-electron chi connectivity index (χ1n) is 4.78. The van der Waals surface area contributed by atoms with E-state index in [1.54, 1.807) is 5.57 Å². The standard InChI is InChI=1S/C12H13Br/c1-2-5-10-8-9-6-3-4-7-11(9)12(10)13/h3-4,6-7H,2,5,8H2,1H3. The third-order valence-electron chi connectivity index (χ3n) is 2.52. The lowest BCUT2D eigenvalue weighted by atomic mass is 10.1. The van der Waals surface area contributed by atoms with Gasteiger partial charge in [-0.3, -0.25) is 0 Å². The summed E-state index contributed by atoms with van der Waals surface area (Å²) in [6.07, 6.45) is 3.60. The summed E-state index contributed by atoms with van der Waals surface area (Å²) in [7, 11) is 0. The Hall–Kier alpha value is -0.560. The van der Waals surface area contributed by atoms with E-state index in [0.717, 1.165) is 6.42 Å². The Balaban J connectivity index is 2.36. The number of halogens is 1. The van der Waals surface area contributed by atoms with Crippen LogP contribution >= 0.6 is 15.9 Å². The molecule has 0 atom stereocenters. The van der Waals surface area contributed by atoms with Crippen molar-refractivity contribution in [1.29, 1.82) is 0 Å². The summed E-state index contributed by atoms with van der Waals surface area (Å²) in [6.45, 7) is 2.23. The predicted molar refractivity (Wildman–Crippen MR) is 60.9 cm³/mol. The summed E-state index contributed by atoms with van der Waals surface area (Å²) < 4.78 is 1.34. The van der Waals surface area contributed by atoms with Crippen molar-refractivity contribution in [3.05, 3.63) is 41.0 Å². The van der Waals surface area contributed by atoms with E-state index in [1.807, 2.05) is 0 Å². The molecule has 0 fully saturated rings. The average molecular weight is 237 g/mol. The number of allylic oxidation sites excluding steroid dienone is 1. The van der Waals surface area contributed by atoms with Crippen molar-refractivity contribution in [1.82, 2.24) is 0 Å². The Labute approximate surface area is 87.8 Å². The molecular formula is C12H13Br. The second-order valence-electron chi connectivity index (χ2n) is 3.50. The predicted octanol–water partition coefficient (Wildman–Crippen LogP) is 4.15. The van der Waals surface area contributed by atoms with Crippen molar-refractivity contribution in [2.45, 2.75) is 26.2 Å². The molecule has 68 valence electrons. The van der Waals surface area contributed by atoms with E-state index in [0.29, 0.717) is 0 Å². The van der Waals surface area contributed by atoms with E-state index < -0.39 is 0 Å². The van der Waals surface area contributed by atoms with Crippen LogP contribution in [-0.2, 0) is 6.42 Å². The third-order valence-corrected chi connectivity index (χ3v) is 3.51. The van der Waals surface area contributed by atoms with Crippen LogP contribution in [0.25, 0.3) is 4.48 Å². The molecular weight excluding hydrogens is 224 g/mol. The molecule has 0 spiro atoms. The van der Waals surface area contributed by atoms with Crippen molar-refractivity contribution in [2.75, 3.05) is 0 Å². The second kappa shape index (κ2) is 3.67. The highest BCUT2D eigenvalue weighted by molar-refractivity contribution is 9.15. The van der Waals surface area contributed by atoms with Crippen molar-refractivity contribution in [3.8, 4) is 0 Å². The summed E-state index contributed by atoms with van der Waals surface area (Å²) in [4.78, 5) is 0. The number of hydrogen-bond donors (Lipinski definition) is 0. The zero-order chi connectivity index (χ0) is 9.26. The molecule has 0 nitrogen and oxygen atoms in total. The molecule has 0 N–H and O–H groups in total. The Morgan fingerprint density at radius 2 is 2.08 bits per heavy atom. The van der Waals surface area contributed by atoms with E-state index >= 15 is 0 Å². The molecule has 1 heteroatoms. The van der Waals surface area contributed by atoms with Crippen LogP contribution < -0.4 is 0 Å². The fourth-order valence-corrected chi connectivity index (χ4v) is 2.61. The highest BCUT2D eigenvalue weighted by atomic mass is 79.9. The summed E-state index contributed by atoms with van der Waals surface area (Å²) in [5.41, 5.74) is 4.42. The minimum atomic E-state index is 1.14. The third kappa shape index (κ3) is 1.58. The van der Waals surface area contributed by atoms with Crippen LogP contribution in [-0.4, -0.2) is 0 Å². The smallest absolute Gasteiger partial charge is 0.0245 e. The monoisotopic (exact) mass is 236 g/mol. The van der Waals surface area contributed by atoms with Gasteiger partial charge >= 0.3 is 0 Å². The molecule has 2 rings (SSSR count). The van der Waals surface area contributed by atoms with Crippen LogP contribution in [0.4, 0.5) is 0 Å². The fraction of sp³-hybridized carbons (Fsp3) is 0.333. The molecule has 1 aliphatic rings. The van der Waals surface area contributed by atoms with Gasteiger partial charge in [-0.15, -0.1) is 0 Å². The first-order valence-corrected chi connectivity index (χ1v) is 5.58. The van der Waals surface area contributed by atoms with Gasteiger partial charge in [-0.2, -0.15) is 0 Å². The maximum Gasteiger partial charge on any atom is 0.0245 e. The molecule has 0 radical (unpaired) electrons. The maximum atomic E-state index is 3.68. The molecule has 0 amide bonds. The van der Waals surface area contributed by atoms with Crippen LogP contribution in [0.5, 0.6) is 0 Å². The van der Waals surface area contributed by atoms with Gasteiger partial charge in [-0.1, -0.05) is 59.1 Å². The SMILES string of the molecule is CCCC1=C(Br)c2ccccc2C1. The molecule has 1 aromatic carbocycles. The summed E-state index contributed by atoms with van der Waals surface area (Å²) in [6, 6.07) is 8.64. The summed E-state index contributed by atoms with van der Waals surface area (Å²) in [5, 5.41) is 0. The normalized spacial score (nSPS) is 14.9. The zero-order valence-electron chi connectivity index (χ0n) is 7.81. The molecule has 0 bridgehead atoms. The van der Waals surface area contributed by atoms with Crippen molar-refractivity contribution in [2.24, 2.45) is 0 Å². The van der Waals surface area contributed by atoms with Gasteiger partial charge in [0.05, 0.1) is 0 Å². The van der Waals surface area contributed by atoms with Gasteiger partial charge in [0.25, 0.3) is 0 Å². The van der Waals surface area contributed by atoms with E-state index in [2.05, 4.69) is 47.1 Å². The first-order chi connectivity index (χ1) is 6.33. The Kier molecular flexibility index (Phi) is 2.54. The number of rotatable bonds is 2. The van der Waals surface area contributed by atoms with Crippen LogP contribution in [0, 0.1) is 0 Å². The number of hydrogen-bond acceptors (Lipinski definition) is 0. The first kappa shape index (κ1) is 9.01. The lowest BCUT2D eigenvalue weighted by Crippen LogP contribution is -1.83. The lowest BCUT2D eigenvalue weighted by Gasteiger charge is -1.98. The highest BCUT2D eigenvalue weighted by Gasteiger charge is 2.17. The quantitative estimate of drug-likeness (QED) is 0.724. The van der Waals surface area contributed by atoms with Gasteiger partial charge in [-0.05, 0) is 24.0 Å². The zero-order valence-corrected chi connectivity index (χ0v) is 9.39. The van der Waals surface area contributed by atoms with Gasteiger partial charge in [0.15, 0.2) is 0 Å². The van der Waals surface area contributed by atoms with Crippen molar-refractivity contribution >= 4 is 20.4 Å². The van der Waals surface area contributed by atoms with Gasteiger partial charge in [0.2, 0.25) is 0 Å². The molecule has 13 heavy (non-hydrogen) atoms. The minimum Gasteiger partial charge on any atom is -0.0651 e. The minimum absolute atomic E-state index is 1.14. The van der Waals surface area contributed by atoms with Gasteiger partial charge < -0.3 is 0 Å². The molecule has 0 aliphatic heterocycles. The highest BCUT2D eigenvalue weighted by Crippen LogP contribution is 2.38. The van der Waals surface area contributed by atoms with Crippen LogP contribution in [0.1, 0.15) is 30.9 Å². The molecule has 0 saturated heterocycles. The Morgan fingerprint density at radius 3 is 2.77 bits per heavy atom. The van der Waals surface area contributed by atoms with Gasteiger partial charge in [0, 0.05) is 4.48 Å². The summed E-state index contributed by atoms with van der Waals surface area (Å²) in [5.74, 6) is 0. The van der Waals surface area contributed by atoms with Crippen molar-refractivity contribution < 1.29 is 0 Å². The van der Waals surface area contributed by atoms with Crippen LogP contribution in [0.15, 0.2) is 29.8 Å². The lowest BCUT2D eigenvalue weighted by molar-refractivity contribution is 0.886. The average Bonchev–Trinajstić information content (AvgIpc) is 2.46. The van der Waals surface area contributed by atoms with Gasteiger partial charge in [-0.25, -0.2) is 0 Å². The molecule has 0 heterocycles. The van der Waals surface area contributed by atoms with Gasteiger partial charge in [0.1, 0.15) is 0 Å². The Morgan fingerprint density at radius 1 is 1.31 bits per heavy atom. The van der Waals surface area contributed by atoms with E-state index in [4.69, 9.17) is 0 Å². The van der Waals surface area contributed by atoms with E-state index in [9.17, 15) is 0 Å².